The monoisotopic (exact) mass is 270 g/mol. The molecule has 0 N–H and O–H groups in total. The van der Waals surface area contributed by atoms with Crippen molar-refractivity contribution in [2.24, 2.45) is 5.16 Å². The minimum atomic E-state index is -0.661. The van der Waals surface area contributed by atoms with Crippen molar-refractivity contribution < 1.29 is 14.4 Å². The second-order valence-electron chi connectivity index (χ2n) is 4.47. The summed E-state index contributed by atoms with van der Waals surface area (Å²) in [5.74, 6) is -0.383. The molecule has 0 bridgehead atoms. The standard InChI is InChI=1S/C15H14N2O3/c1-2-19-15(18)13-9-12(17-20-13)14-11-6-4-3-5-10(11)7-8-16-14/h3-8,13H,2,9H2,1H3. The van der Waals surface area contributed by atoms with Gasteiger partial charge in [-0.05, 0) is 18.4 Å². The van der Waals surface area contributed by atoms with Crippen LogP contribution in [0.15, 0.2) is 41.7 Å². The Kier molecular flexibility index (Phi) is 3.33. The number of esters is 1. The number of fused-ring (bicyclic) bond motifs is 1. The van der Waals surface area contributed by atoms with E-state index in [1.54, 1.807) is 13.1 Å². The smallest absolute Gasteiger partial charge is 0.350 e. The van der Waals surface area contributed by atoms with Crippen molar-refractivity contribution in [1.82, 2.24) is 4.98 Å². The molecule has 0 fully saturated rings. The number of pyridine rings is 1. The van der Waals surface area contributed by atoms with Gasteiger partial charge in [0.15, 0.2) is 0 Å². The highest BCUT2D eigenvalue weighted by Crippen LogP contribution is 2.22. The number of carbonyl (C=O) groups excluding carboxylic acids is 1. The van der Waals surface area contributed by atoms with Crippen LogP contribution in [0.2, 0.25) is 0 Å². The molecule has 1 atom stereocenters. The second-order valence-corrected chi connectivity index (χ2v) is 4.47. The van der Waals surface area contributed by atoms with Crippen LogP contribution in [0.3, 0.4) is 0 Å². The van der Waals surface area contributed by atoms with Crippen molar-refractivity contribution in [3.63, 3.8) is 0 Å². The first-order chi connectivity index (χ1) is 9.79. The zero-order chi connectivity index (χ0) is 13.9. The molecule has 20 heavy (non-hydrogen) atoms. The number of aromatic nitrogens is 1. The van der Waals surface area contributed by atoms with Crippen molar-refractivity contribution in [1.29, 1.82) is 0 Å². The van der Waals surface area contributed by atoms with Crippen LogP contribution in [0.1, 0.15) is 19.0 Å². The topological polar surface area (TPSA) is 60.8 Å². The molecular weight excluding hydrogens is 256 g/mol. The van der Waals surface area contributed by atoms with Crippen molar-refractivity contribution >= 4 is 22.5 Å². The van der Waals surface area contributed by atoms with Crippen LogP contribution in [-0.2, 0) is 14.4 Å². The van der Waals surface area contributed by atoms with E-state index in [4.69, 9.17) is 9.57 Å². The Morgan fingerprint density at radius 3 is 3.10 bits per heavy atom. The largest absolute Gasteiger partial charge is 0.463 e. The van der Waals surface area contributed by atoms with E-state index in [0.29, 0.717) is 18.7 Å². The summed E-state index contributed by atoms with van der Waals surface area (Å²) in [6.07, 6.45) is 1.46. The fourth-order valence-electron chi connectivity index (χ4n) is 2.23. The fourth-order valence-corrected chi connectivity index (χ4v) is 2.23. The lowest BCUT2D eigenvalue weighted by Crippen LogP contribution is -2.23. The van der Waals surface area contributed by atoms with E-state index >= 15 is 0 Å². The minimum absolute atomic E-state index is 0.334. The maximum Gasteiger partial charge on any atom is 0.350 e. The Labute approximate surface area is 116 Å². The van der Waals surface area contributed by atoms with Crippen LogP contribution in [0.5, 0.6) is 0 Å². The van der Waals surface area contributed by atoms with Gasteiger partial charge in [-0.3, -0.25) is 4.98 Å². The van der Waals surface area contributed by atoms with Crippen molar-refractivity contribution in [3.05, 3.63) is 42.2 Å². The van der Waals surface area contributed by atoms with Crippen molar-refractivity contribution in [2.45, 2.75) is 19.4 Å². The van der Waals surface area contributed by atoms with Crippen LogP contribution in [0.25, 0.3) is 10.8 Å². The quantitative estimate of drug-likeness (QED) is 0.803. The third-order valence-corrected chi connectivity index (χ3v) is 3.17. The molecule has 0 radical (unpaired) electrons. The molecule has 5 nitrogen and oxygen atoms in total. The zero-order valence-corrected chi connectivity index (χ0v) is 11.1. The van der Waals surface area contributed by atoms with Crippen molar-refractivity contribution in [3.8, 4) is 0 Å². The summed E-state index contributed by atoms with van der Waals surface area (Å²) in [7, 11) is 0. The summed E-state index contributed by atoms with van der Waals surface area (Å²) < 4.78 is 4.94. The van der Waals surface area contributed by atoms with Gasteiger partial charge in [0.25, 0.3) is 0 Å². The highest BCUT2D eigenvalue weighted by Gasteiger charge is 2.31. The molecule has 0 amide bonds. The minimum Gasteiger partial charge on any atom is -0.463 e. The molecule has 1 aromatic heterocycles. The molecule has 2 heterocycles. The van der Waals surface area contributed by atoms with Crippen LogP contribution >= 0.6 is 0 Å². The van der Waals surface area contributed by atoms with Gasteiger partial charge in [-0.1, -0.05) is 29.4 Å². The number of benzene rings is 1. The van der Waals surface area contributed by atoms with Gasteiger partial charge in [0.05, 0.1) is 12.3 Å². The molecule has 0 saturated heterocycles. The Bertz CT molecular complexity index is 676. The SMILES string of the molecule is CCOC(=O)C1CC(c2nccc3ccccc23)=NO1. The van der Waals surface area contributed by atoms with E-state index in [9.17, 15) is 4.79 Å². The van der Waals surface area contributed by atoms with Gasteiger partial charge in [-0.25, -0.2) is 4.79 Å². The Hall–Kier alpha value is -2.43. The lowest BCUT2D eigenvalue weighted by molar-refractivity contribution is -0.154. The van der Waals surface area contributed by atoms with E-state index in [2.05, 4.69) is 10.1 Å². The summed E-state index contributed by atoms with van der Waals surface area (Å²) in [6, 6.07) is 9.86. The maximum atomic E-state index is 11.6. The molecule has 1 aromatic carbocycles. The van der Waals surface area contributed by atoms with E-state index in [1.165, 1.54) is 0 Å². The summed E-state index contributed by atoms with van der Waals surface area (Å²) in [5.41, 5.74) is 1.44. The molecule has 0 aliphatic carbocycles. The highest BCUT2D eigenvalue weighted by atomic mass is 16.7. The Morgan fingerprint density at radius 1 is 1.40 bits per heavy atom. The first kappa shape index (κ1) is 12.6. The summed E-state index contributed by atoms with van der Waals surface area (Å²) >= 11 is 0. The third kappa shape index (κ3) is 2.22. The first-order valence-electron chi connectivity index (χ1n) is 6.53. The number of ether oxygens (including phenoxy) is 1. The zero-order valence-electron chi connectivity index (χ0n) is 11.1. The number of rotatable bonds is 3. The van der Waals surface area contributed by atoms with Gasteiger partial charge in [-0.2, -0.15) is 0 Å². The highest BCUT2D eigenvalue weighted by molar-refractivity contribution is 6.10. The maximum absolute atomic E-state index is 11.6. The van der Waals surface area contributed by atoms with Gasteiger partial charge in [-0.15, -0.1) is 0 Å². The third-order valence-electron chi connectivity index (χ3n) is 3.17. The fraction of sp³-hybridized carbons (Fsp3) is 0.267. The van der Waals surface area contributed by atoms with Crippen LogP contribution < -0.4 is 0 Å². The van der Waals surface area contributed by atoms with E-state index in [-0.39, 0.29) is 5.97 Å². The number of nitrogens with zero attached hydrogens (tertiary/aromatic N) is 2. The molecule has 1 unspecified atom stereocenters. The van der Waals surface area contributed by atoms with E-state index < -0.39 is 6.10 Å². The molecule has 1 aliphatic rings. The number of oxime groups is 1. The molecule has 102 valence electrons. The van der Waals surface area contributed by atoms with Crippen LogP contribution in [-0.4, -0.2) is 29.4 Å². The van der Waals surface area contributed by atoms with Gasteiger partial charge < -0.3 is 9.57 Å². The van der Waals surface area contributed by atoms with Gasteiger partial charge >= 0.3 is 5.97 Å². The number of hydrogen-bond acceptors (Lipinski definition) is 5. The van der Waals surface area contributed by atoms with Gasteiger partial charge in [0, 0.05) is 18.0 Å². The lowest BCUT2D eigenvalue weighted by atomic mass is 10.0. The normalized spacial score (nSPS) is 17.6. The molecule has 0 spiro atoms. The summed E-state index contributed by atoms with van der Waals surface area (Å²) in [6.45, 7) is 2.10. The summed E-state index contributed by atoms with van der Waals surface area (Å²) in [5, 5.41) is 6.08. The number of hydrogen-bond donors (Lipinski definition) is 0. The van der Waals surface area contributed by atoms with Gasteiger partial charge in [0.2, 0.25) is 6.10 Å². The predicted octanol–water partition coefficient (Wildman–Crippen LogP) is 2.29. The van der Waals surface area contributed by atoms with Crippen LogP contribution in [0, 0.1) is 0 Å². The first-order valence-corrected chi connectivity index (χ1v) is 6.53. The predicted molar refractivity (Wildman–Crippen MR) is 74.4 cm³/mol. The van der Waals surface area contributed by atoms with E-state index in [1.807, 2.05) is 30.3 Å². The van der Waals surface area contributed by atoms with E-state index in [0.717, 1.165) is 16.5 Å². The summed E-state index contributed by atoms with van der Waals surface area (Å²) in [4.78, 5) is 21.2. The molecule has 5 heteroatoms. The lowest BCUT2D eigenvalue weighted by Gasteiger charge is -2.06. The Morgan fingerprint density at radius 2 is 2.25 bits per heavy atom. The Balaban J connectivity index is 1.88. The molecule has 1 aliphatic heterocycles. The van der Waals surface area contributed by atoms with Crippen molar-refractivity contribution in [2.75, 3.05) is 6.61 Å². The molecule has 0 saturated carbocycles. The van der Waals surface area contributed by atoms with Crippen LogP contribution in [0.4, 0.5) is 0 Å². The average Bonchev–Trinajstić information content (AvgIpc) is 2.97. The van der Waals surface area contributed by atoms with Gasteiger partial charge in [0.1, 0.15) is 5.71 Å². The molecule has 2 aromatic rings. The number of carbonyl (C=O) groups is 1. The average molecular weight is 270 g/mol. The molecular formula is C15H14N2O3. The molecule has 3 rings (SSSR count). The second kappa shape index (κ2) is 5.28.